The second-order valence-corrected chi connectivity index (χ2v) is 5.42. The normalized spacial score (nSPS) is 14.4. The minimum atomic E-state index is -0.481. The molecule has 0 unspecified atom stereocenters. The highest BCUT2D eigenvalue weighted by Crippen LogP contribution is 2.38. The van der Waals surface area contributed by atoms with Gasteiger partial charge in [-0.3, -0.25) is 9.59 Å². The summed E-state index contributed by atoms with van der Waals surface area (Å²) in [4.78, 5) is 24.0. The number of H-pyrrole nitrogens is 1. The van der Waals surface area contributed by atoms with Gasteiger partial charge >= 0.3 is 0 Å². The predicted molar refractivity (Wildman–Crippen MR) is 87.4 cm³/mol. The number of amides is 2. The second-order valence-electron chi connectivity index (χ2n) is 5.42. The average molecular weight is 299 g/mol. The highest BCUT2D eigenvalue weighted by atomic mass is 16.1. The average Bonchev–Trinajstić information content (AvgIpc) is 3.17. The van der Waals surface area contributed by atoms with Crippen LogP contribution in [-0.2, 0) is 4.79 Å². The molecule has 116 valence electrons. The first-order chi connectivity index (χ1) is 10.5. The third-order valence-electron chi connectivity index (χ3n) is 4.02. The molecule has 0 bridgehead atoms. The number of rotatable bonds is 3. The SMILES string of the molecule is C=CC(N)=O.NC(=O)c1ccc(C2CCCC2)c2cc[nH]c12. The van der Waals surface area contributed by atoms with Crippen molar-refractivity contribution in [3.05, 3.63) is 48.2 Å². The van der Waals surface area contributed by atoms with Gasteiger partial charge in [0.25, 0.3) is 5.91 Å². The summed E-state index contributed by atoms with van der Waals surface area (Å²) in [5, 5.41) is 1.16. The fraction of sp³-hybridized carbons (Fsp3) is 0.294. The van der Waals surface area contributed by atoms with Crippen molar-refractivity contribution in [1.29, 1.82) is 0 Å². The van der Waals surface area contributed by atoms with Crippen LogP contribution in [0.15, 0.2) is 37.1 Å². The number of carbonyl (C=O) groups is 2. The molecule has 0 aliphatic heterocycles. The van der Waals surface area contributed by atoms with E-state index in [1.807, 2.05) is 12.3 Å². The maximum Gasteiger partial charge on any atom is 0.250 e. The third-order valence-corrected chi connectivity index (χ3v) is 4.02. The molecule has 1 fully saturated rings. The monoisotopic (exact) mass is 299 g/mol. The van der Waals surface area contributed by atoms with Gasteiger partial charge in [0.05, 0.1) is 11.1 Å². The third kappa shape index (κ3) is 3.36. The van der Waals surface area contributed by atoms with Gasteiger partial charge < -0.3 is 16.5 Å². The van der Waals surface area contributed by atoms with Crippen LogP contribution in [0.4, 0.5) is 0 Å². The van der Waals surface area contributed by atoms with Crippen LogP contribution in [0.1, 0.15) is 47.5 Å². The molecular formula is C17H21N3O2. The summed E-state index contributed by atoms with van der Waals surface area (Å²) in [7, 11) is 0. The summed E-state index contributed by atoms with van der Waals surface area (Å²) in [6, 6.07) is 5.98. The number of aromatic nitrogens is 1. The number of aromatic amines is 1. The van der Waals surface area contributed by atoms with Crippen molar-refractivity contribution in [2.45, 2.75) is 31.6 Å². The maximum absolute atomic E-state index is 11.3. The summed E-state index contributed by atoms with van der Waals surface area (Å²) in [6.07, 6.45) is 8.09. The standard InChI is InChI=1S/C14H16N2O.C3H5NO/c15-14(17)12-6-5-10(9-3-1-2-4-9)11-7-8-16-13(11)12;1-2-3(4)5/h5-9,16H,1-4H2,(H2,15,17);2H,1H2,(H2,4,5). The molecule has 0 saturated heterocycles. The summed E-state index contributed by atoms with van der Waals surface area (Å²) in [5.41, 5.74) is 12.8. The molecular weight excluding hydrogens is 278 g/mol. The minimum absolute atomic E-state index is 0.365. The van der Waals surface area contributed by atoms with Gasteiger partial charge in [0.1, 0.15) is 0 Å². The zero-order valence-corrected chi connectivity index (χ0v) is 12.5. The van der Waals surface area contributed by atoms with Crippen molar-refractivity contribution >= 4 is 22.7 Å². The van der Waals surface area contributed by atoms with Gasteiger partial charge in [0, 0.05) is 11.6 Å². The summed E-state index contributed by atoms with van der Waals surface area (Å²) in [6.45, 7) is 3.09. The van der Waals surface area contributed by atoms with Crippen molar-refractivity contribution in [2.75, 3.05) is 0 Å². The Labute approximate surface area is 129 Å². The van der Waals surface area contributed by atoms with Crippen LogP contribution in [0, 0.1) is 0 Å². The highest BCUT2D eigenvalue weighted by Gasteiger charge is 2.20. The molecule has 1 aromatic carbocycles. The number of nitrogens with one attached hydrogen (secondary N) is 1. The molecule has 2 amide bonds. The number of carbonyl (C=O) groups excluding carboxylic acids is 2. The van der Waals surface area contributed by atoms with Crippen LogP contribution in [0.2, 0.25) is 0 Å². The van der Waals surface area contributed by atoms with E-state index in [4.69, 9.17) is 5.73 Å². The van der Waals surface area contributed by atoms with Gasteiger partial charge in [-0.1, -0.05) is 25.5 Å². The van der Waals surface area contributed by atoms with E-state index in [1.165, 1.54) is 31.2 Å². The van der Waals surface area contributed by atoms with E-state index in [0.717, 1.165) is 17.0 Å². The van der Waals surface area contributed by atoms with Crippen LogP contribution in [0.25, 0.3) is 10.9 Å². The first kappa shape index (κ1) is 15.8. The highest BCUT2D eigenvalue weighted by molar-refractivity contribution is 6.05. The Hall–Kier alpha value is -2.56. The molecule has 1 saturated carbocycles. The molecule has 1 heterocycles. The molecule has 0 atom stereocenters. The minimum Gasteiger partial charge on any atom is -0.366 e. The number of primary amides is 2. The Morgan fingerprint density at radius 2 is 1.82 bits per heavy atom. The number of nitrogens with two attached hydrogens (primary N) is 2. The van der Waals surface area contributed by atoms with Crippen LogP contribution in [0.3, 0.4) is 0 Å². The van der Waals surface area contributed by atoms with Crippen LogP contribution < -0.4 is 11.5 Å². The first-order valence-electron chi connectivity index (χ1n) is 7.36. The second kappa shape index (κ2) is 6.93. The molecule has 22 heavy (non-hydrogen) atoms. The fourth-order valence-electron chi connectivity index (χ4n) is 2.98. The number of hydrogen-bond donors (Lipinski definition) is 3. The Morgan fingerprint density at radius 3 is 2.36 bits per heavy atom. The van der Waals surface area contributed by atoms with Crippen molar-refractivity contribution in [3.63, 3.8) is 0 Å². The lowest BCUT2D eigenvalue weighted by Gasteiger charge is -2.12. The van der Waals surface area contributed by atoms with E-state index < -0.39 is 5.91 Å². The molecule has 5 N–H and O–H groups in total. The number of fused-ring (bicyclic) bond motifs is 1. The zero-order chi connectivity index (χ0) is 16.1. The van der Waals surface area contributed by atoms with Crippen molar-refractivity contribution in [2.24, 2.45) is 11.5 Å². The predicted octanol–water partition coefficient (Wildman–Crippen LogP) is 2.58. The lowest BCUT2D eigenvalue weighted by atomic mass is 9.93. The Morgan fingerprint density at radius 1 is 1.18 bits per heavy atom. The van der Waals surface area contributed by atoms with E-state index in [2.05, 4.69) is 29.4 Å². The molecule has 0 radical (unpaired) electrons. The van der Waals surface area contributed by atoms with Gasteiger partial charge in [0.2, 0.25) is 5.91 Å². The van der Waals surface area contributed by atoms with Crippen LogP contribution in [0.5, 0.6) is 0 Å². The quantitative estimate of drug-likeness (QED) is 0.758. The number of hydrogen-bond acceptors (Lipinski definition) is 2. The first-order valence-corrected chi connectivity index (χ1v) is 7.36. The fourth-order valence-corrected chi connectivity index (χ4v) is 2.98. The van der Waals surface area contributed by atoms with Gasteiger partial charge in [-0.05, 0) is 42.5 Å². The molecule has 0 spiro atoms. The Kier molecular flexibility index (Phi) is 4.99. The lowest BCUT2D eigenvalue weighted by molar-refractivity contribution is -0.113. The van der Waals surface area contributed by atoms with E-state index in [9.17, 15) is 9.59 Å². The molecule has 5 nitrogen and oxygen atoms in total. The molecule has 3 rings (SSSR count). The zero-order valence-electron chi connectivity index (χ0n) is 12.5. The van der Waals surface area contributed by atoms with Gasteiger partial charge in [-0.15, -0.1) is 0 Å². The summed E-state index contributed by atoms with van der Waals surface area (Å²) >= 11 is 0. The van der Waals surface area contributed by atoms with E-state index in [-0.39, 0.29) is 5.91 Å². The Bertz CT molecular complexity index is 697. The molecule has 5 heteroatoms. The topological polar surface area (TPSA) is 102 Å². The molecule has 1 aliphatic carbocycles. The van der Waals surface area contributed by atoms with Gasteiger partial charge in [-0.2, -0.15) is 0 Å². The number of benzene rings is 1. The lowest BCUT2D eigenvalue weighted by Crippen LogP contribution is -2.12. The maximum atomic E-state index is 11.3. The smallest absolute Gasteiger partial charge is 0.250 e. The van der Waals surface area contributed by atoms with Crippen LogP contribution >= 0.6 is 0 Å². The van der Waals surface area contributed by atoms with Crippen LogP contribution in [-0.4, -0.2) is 16.8 Å². The molecule has 2 aromatic rings. The largest absolute Gasteiger partial charge is 0.366 e. The Balaban J connectivity index is 0.000000309. The van der Waals surface area contributed by atoms with Gasteiger partial charge in [0.15, 0.2) is 0 Å². The van der Waals surface area contributed by atoms with Crippen molar-refractivity contribution < 1.29 is 9.59 Å². The van der Waals surface area contributed by atoms with E-state index >= 15 is 0 Å². The van der Waals surface area contributed by atoms with E-state index in [0.29, 0.717) is 11.5 Å². The molecule has 1 aliphatic rings. The van der Waals surface area contributed by atoms with E-state index in [1.54, 1.807) is 0 Å². The van der Waals surface area contributed by atoms with Crippen molar-refractivity contribution in [3.8, 4) is 0 Å². The van der Waals surface area contributed by atoms with Crippen molar-refractivity contribution in [1.82, 2.24) is 4.98 Å². The van der Waals surface area contributed by atoms with Gasteiger partial charge in [-0.25, -0.2) is 0 Å². The molecule has 1 aromatic heterocycles. The summed E-state index contributed by atoms with van der Waals surface area (Å²) in [5.74, 6) is -0.198. The summed E-state index contributed by atoms with van der Waals surface area (Å²) < 4.78 is 0.